The average molecular weight is 895 g/mol. The maximum Gasteiger partial charge on any atom is 0.472 e. The number of unbranched alkanes of at least 4 members (excludes halogenated alkanes) is 12. The highest BCUT2D eigenvalue weighted by Gasteiger charge is 2.51. The monoisotopic (exact) mass is 895 g/mol. The predicted octanol–water partition coefficient (Wildman–Crippen LogP) is 9.75. The summed E-state index contributed by atoms with van der Waals surface area (Å²) >= 11 is 0. The van der Waals surface area contributed by atoms with E-state index in [-0.39, 0.29) is 13.0 Å². The maximum atomic E-state index is 12.8. The van der Waals surface area contributed by atoms with E-state index in [2.05, 4.69) is 86.8 Å². The molecule has 1 fully saturated rings. The van der Waals surface area contributed by atoms with E-state index in [1.54, 1.807) is 0 Å². The average Bonchev–Trinajstić information content (AvgIpc) is 3.26. The van der Waals surface area contributed by atoms with Crippen LogP contribution in [0, 0.1) is 0 Å². The van der Waals surface area contributed by atoms with Crippen LogP contribution in [0.3, 0.4) is 0 Å². The quantitative estimate of drug-likeness (QED) is 0.0149. The van der Waals surface area contributed by atoms with Gasteiger partial charge in [0.2, 0.25) is 0 Å². The molecule has 0 radical (unpaired) electrons. The van der Waals surface area contributed by atoms with Crippen molar-refractivity contribution in [1.29, 1.82) is 0 Å². The topological polar surface area (TPSA) is 192 Å². The Hall–Kier alpha value is -2.48. The first kappa shape index (κ1) is 57.5. The molecule has 1 rings (SSSR count). The van der Waals surface area contributed by atoms with Gasteiger partial charge >= 0.3 is 13.8 Å². The van der Waals surface area contributed by atoms with Crippen molar-refractivity contribution in [3.05, 3.63) is 85.1 Å². The molecule has 0 heterocycles. The van der Waals surface area contributed by atoms with Gasteiger partial charge in [-0.25, -0.2) is 4.57 Å². The molecule has 0 bridgehead atoms. The fourth-order valence-corrected chi connectivity index (χ4v) is 7.51. The molecule has 6 atom stereocenters. The Labute approximate surface area is 373 Å². The van der Waals surface area contributed by atoms with Gasteiger partial charge in [0.25, 0.3) is 0 Å². The third-order valence-corrected chi connectivity index (χ3v) is 11.2. The van der Waals surface area contributed by atoms with E-state index in [4.69, 9.17) is 18.5 Å². The summed E-state index contributed by atoms with van der Waals surface area (Å²) in [6, 6.07) is 0. The minimum atomic E-state index is -5.04. The predicted molar refractivity (Wildman–Crippen MR) is 248 cm³/mol. The second-order valence-corrected chi connectivity index (χ2v) is 17.3. The minimum absolute atomic E-state index is 0.101. The number of carbonyl (C=O) groups is 1. The molecule has 0 aromatic heterocycles. The first-order chi connectivity index (χ1) is 30.0. The van der Waals surface area contributed by atoms with Crippen LogP contribution in [0.2, 0.25) is 0 Å². The van der Waals surface area contributed by atoms with Crippen molar-refractivity contribution in [2.24, 2.45) is 0 Å². The number of rotatable bonds is 38. The van der Waals surface area contributed by atoms with Gasteiger partial charge in [0, 0.05) is 13.0 Å². The zero-order chi connectivity index (χ0) is 45.5. The van der Waals surface area contributed by atoms with Crippen LogP contribution in [0.4, 0.5) is 0 Å². The summed E-state index contributed by atoms with van der Waals surface area (Å²) in [5, 5.41) is 50.2. The smallest absolute Gasteiger partial charge is 0.457 e. The number of allylic oxidation sites excluding steroid dienone is 14. The minimum Gasteiger partial charge on any atom is -0.457 e. The molecule has 0 saturated heterocycles. The largest absolute Gasteiger partial charge is 0.472 e. The fraction of sp³-hybridized carbons (Fsp3) is 0.694. The second-order valence-electron chi connectivity index (χ2n) is 15.9. The Morgan fingerprint density at radius 3 is 1.45 bits per heavy atom. The van der Waals surface area contributed by atoms with Crippen LogP contribution < -0.4 is 0 Å². The first-order valence-corrected chi connectivity index (χ1v) is 24.9. The molecule has 6 N–H and O–H groups in total. The number of hydrogen-bond acceptors (Lipinski definition) is 11. The van der Waals surface area contributed by atoms with Crippen LogP contribution in [-0.4, -0.2) is 98.9 Å². The molecule has 1 aliphatic rings. The Morgan fingerprint density at radius 2 is 0.952 bits per heavy atom. The van der Waals surface area contributed by atoms with Crippen molar-refractivity contribution in [2.75, 3.05) is 19.8 Å². The van der Waals surface area contributed by atoms with Crippen molar-refractivity contribution in [1.82, 2.24) is 0 Å². The lowest BCUT2D eigenvalue weighted by molar-refractivity contribution is -0.220. The van der Waals surface area contributed by atoms with Crippen molar-refractivity contribution < 1.29 is 58.3 Å². The number of esters is 1. The van der Waals surface area contributed by atoms with Gasteiger partial charge < -0.3 is 39.9 Å². The lowest BCUT2D eigenvalue weighted by atomic mass is 9.85. The SMILES string of the molecule is CC/C=C\C/C=C\C/C=C\C/C=C\C/C=C\CCCC(=O)OC(COCCCCCCCCCC/C=C\C/C=C\CCCCC)COP(=O)(O)OC1C(O)C(O)C(O)C(O)C1O. The van der Waals surface area contributed by atoms with Gasteiger partial charge in [0.05, 0.1) is 13.2 Å². The molecule has 0 spiro atoms. The summed E-state index contributed by atoms with van der Waals surface area (Å²) in [6.07, 6.45) is 39.4. The van der Waals surface area contributed by atoms with Crippen LogP contribution in [0.15, 0.2) is 85.1 Å². The summed E-state index contributed by atoms with van der Waals surface area (Å²) in [6.45, 7) is 4.03. The Kier molecular flexibility index (Phi) is 36.1. The van der Waals surface area contributed by atoms with Crippen molar-refractivity contribution in [2.45, 2.75) is 198 Å². The van der Waals surface area contributed by atoms with E-state index in [9.17, 15) is 39.8 Å². The summed E-state index contributed by atoms with van der Waals surface area (Å²) in [5.74, 6) is -0.539. The Balaban J connectivity index is 2.44. The van der Waals surface area contributed by atoms with E-state index >= 15 is 0 Å². The zero-order valence-electron chi connectivity index (χ0n) is 37.9. The number of phosphoric acid groups is 1. The van der Waals surface area contributed by atoms with Gasteiger partial charge in [-0.2, -0.15) is 0 Å². The van der Waals surface area contributed by atoms with Crippen LogP contribution in [-0.2, 0) is 27.9 Å². The van der Waals surface area contributed by atoms with Gasteiger partial charge in [-0.05, 0) is 83.5 Å². The van der Waals surface area contributed by atoms with Gasteiger partial charge in [0.1, 0.15) is 42.7 Å². The van der Waals surface area contributed by atoms with Crippen molar-refractivity contribution in [3.8, 4) is 0 Å². The molecule has 1 saturated carbocycles. The first-order valence-electron chi connectivity index (χ1n) is 23.4. The number of hydrogen-bond donors (Lipinski definition) is 6. The highest BCUT2D eigenvalue weighted by Crippen LogP contribution is 2.47. The number of aliphatic hydroxyl groups is 5. The number of carbonyl (C=O) groups excluding carboxylic acids is 1. The standard InChI is InChI=1S/C49H83O12P/c1-3-5-7-9-11-13-15-17-19-21-23-25-27-29-31-33-35-37-39-58-40-42(41-59-62(56,57)61-49-47(54)45(52)44(51)46(53)48(49)55)60-43(50)38-36-34-32-30-28-26-24-22-20-18-16-14-12-10-8-6-4-2/h6,8,11-14,17-20,24,26,30,32,42,44-49,51-55H,3-5,7,9-10,15-16,21-23,25,27-29,31,33-41H2,1-2H3,(H,56,57)/b8-6-,13-11-,14-12-,19-17-,20-18-,26-24-,32-30-. The number of phosphoric ester groups is 1. The summed E-state index contributed by atoms with van der Waals surface area (Å²) in [4.78, 5) is 23.1. The van der Waals surface area contributed by atoms with Crippen LogP contribution in [0.25, 0.3) is 0 Å². The van der Waals surface area contributed by atoms with Gasteiger partial charge in [0.15, 0.2) is 0 Å². The third kappa shape index (κ3) is 30.6. The zero-order valence-corrected chi connectivity index (χ0v) is 38.8. The molecule has 6 unspecified atom stereocenters. The van der Waals surface area contributed by atoms with E-state index in [1.807, 2.05) is 12.2 Å². The number of ether oxygens (including phenoxy) is 2. The van der Waals surface area contributed by atoms with Crippen LogP contribution >= 0.6 is 7.82 Å². The third-order valence-electron chi connectivity index (χ3n) is 10.3. The molecule has 0 amide bonds. The second kappa shape index (κ2) is 38.9. The van der Waals surface area contributed by atoms with Crippen molar-refractivity contribution in [3.63, 3.8) is 0 Å². The molecule has 356 valence electrons. The van der Waals surface area contributed by atoms with Crippen molar-refractivity contribution >= 4 is 13.8 Å². The van der Waals surface area contributed by atoms with Gasteiger partial charge in [-0.15, -0.1) is 0 Å². The molecule has 13 heteroatoms. The molecule has 1 aliphatic carbocycles. The maximum absolute atomic E-state index is 12.8. The van der Waals surface area contributed by atoms with Crippen LogP contribution in [0.5, 0.6) is 0 Å². The van der Waals surface area contributed by atoms with Gasteiger partial charge in [-0.3, -0.25) is 13.8 Å². The molecule has 0 aromatic rings. The summed E-state index contributed by atoms with van der Waals surface area (Å²) in [5.41, 5.74) is 0. The summed E-state index contributed by atoms with van der Waals surface area (Å²) < 4.78 is 34.1. The molecular formula is C49H83O12P. The molecule has 0 aliphatic heterocycles. The molecular weight excluding hydrogens is 812 g/mol. The van der Waals surface area contributed by atoms with E-state index < -0.39 is 63.1 Å². The van der Waals surface area contributed by atoms with Gasteiger partial charge in [-0.1, -0.05) is 150 Å². The van der Waals surface area contributed by atoms with E-state index in [0.29, 0.717) is 19.4 Å². The lowest BCUT2D eigenvalue weighted by Gasteiger charge is -2.41. The van der Waals surface area contributed by atoms with E-state index in [0.717, 1.165) is 70.6 Å². The van der Waals surface area contributed by atoms with Crippen LogP contribution in [0.1, 0.15) is 155 Å². The highest BCUT2D eigenvalue weighted by atomic mass is 31.2. The van der Waals surface area contributed by atoms with E-state index in [1.165, 1.54) is 51.4 Å². The Bertz CT molecular complexity index is 1340. The molecule has 62 heavy (non-hydrogen) atoms. The fourth-order valence-electron chi connectivity index (χ4n) is 6.54. The lowest BCUT2D eigenvalue weighted by Crippen LogP contribution is -2.64. The summed E-state index contributed by atoms with van der Waals surface area (Å²) in [7, 11) is -5.04. The Morgan fingerprint density at radius 1 is 0.532 bits per heavy atom. The highest BCUT2D eigenvalue weighted by molar-refractivity contribution is 7.47. The normalized spacial score (nSPS) is 22.8. The number of aliphatic hydroxyl groups excluding tert-OH is 5. The molecule has 0 aromatic carbocycles. The molecule has 12 nitrogen and oxygen atoms in total.